The number of nitrogens with one attached hydrogen (secondary N) is 1. The van der Waals surface area contributed by atoms with E-state index in [0.29, 0.717) is 19.5 Å². The largest absolute Gasteiger partial charge is 0.369 e. The van der Waals surface area contributed by atoms with Gasteiger partial charge in [-0.3, -0.25) is 9.18 Å². The number of nitrogens with two attached hydrogens (primary N) is 1. The molecule has 0 aliphatic rings. The van der Waals surface area contributed by atoms with E-state index in [1.807, 2.05) is 0 Å². The maximum atomic E-state index is 11.6. The predicted molar refractivity (Wildman–Crippen MR) is 46.4 cm³/mol. The lowest BCUT2D eigenvalue weighted by atomic mass is 9.93. The van der Waals surface area contributed by atoms with E-state index in [9.17, 15) is 9.18 Å². The zero-order valence-corrected chi connectivity index (χ0v) is 7.69. The van der Waals surface area contributed by atoms with Gasteiger partial charge in [-0.1, -0.05) is 0 Å². The van der Waals surface area contributed by atoms with Gasteiger partial charge in [0.1, 0.15) is 0 Å². The topological polar surface area (TPSA) is 55.1 Å². The maximum absolute atomic E-state index is 11.6. The van der Waals surface area contributed by atoms with Crippen molar-refractivity contribution in [2.45, 2.75) is 20.3 Å². The maximum Gasteiger partial charge on any atom is 0.224 e. The van der Waals surface area contributed by atoms with Crippen molar-refractivity contribution in [3.63, 3.8) is 0 Å². The van der Waals surface area contributed by atoms with Crippen LogP contribution in [-0.2, 0) is 4.79 Å². The highest BCUT2D eigenvalue weighted by Crippen LogP contribution is 2.11. The van der Waals surface area contributed by atoms with Gasteiger partial charge in [-0.25, -0.2) is 0 Å². The predicted octanol–water partition coefficient (Wildman–Crippen LogP) is 0.447. The minimum atomic E-state index is -0.545. The zero-order valence-electron chi connectivity index (χ0n) is 7.69. The molecule has 3 nitrogen and oxygen atoms in total. The smallest absolute Gasteiger partial charge is 0.224 e. The highest BCUT2D eigenvalue weighted by atomic mass is 19.1. The lowest BCUT2D eigenvalue weighted by Gasteiger charge is -2.20. The van der Waals surface area contributed by atoms with E-state index >= 15 is 0 Å². The number of primary amides is 1. The van der Waals surface area contributed by atoms with Crippen LogP contribution >= 0.6 is 0 Å². The quantitative estimate of drug-likeness (QED) is 0.577. The average molecular weight is 176 g/mol. The molecule has 0 spiro atoms. The Hall–Kier alpha value is -0.640. The van der Waals surface area contributed by atoms with E-state index in [1.54, 1.807) is 13.8 Å². The lowest BCUT2D eigenvalue weighted by Crippen LogP contribution is -2.40. The number of hydrogen-bond donors (Lipinski definition) is 2. The Kier molecular flexibility index (Phi) is 4.81. The summed E-state index contributed by atoms with van der Waals surface area (Å²) in [7, 11) is 0. The van der Waals surface area contributed by atoms with Crippen LogP contribution in [-0.4, -0.2) is 25.7 Å². The van der Waals surface area contributed by atoms with Crippen molar-refractivity contribution in [2.75, 3.05) is 19.8 Å². The van der Waals surface area contributed by atoms with Crippen molar-refractivity contribution in [1.82, 2.24) is 5.32 Å². The molecule has 12 heavy (non-hydrogen) atoms. The van der Waals surface area contributed by atoms with E-state index in [2.05, 4.69) is 5.32 Å². The van der Waals surface area contributed by atoms with Crippen LogP contribution in [0.5, 0.6) is 0 Å². The first-order chi connectivity index (χ1) is 5.50. The third-order valence-electron chi connectivity index (χ3n) is 1.72. The van der Waals surface area contributed by atoms with Gasteiger partial charge in [0.05, 0.1) is 12.1 Å². The number of alkyl halides is 1. The van der Waals surface area contributed by atoms with Crippen LogP contribution in [0.2, 0.25) is 0 Å². The Morgan fingerprint density at radius 2 is 2.17 bits per heavy atom. The first-order valence-corrected chi connectivity index (χ1v) is 4.07. The third kappa shape index (κ3) is 4.28. The van der Waals surface area contributed by atoms with Gasteiger partial charge in [-0.15, -0.1) is 0 Å². The second-order valence-corrected chi connectivity index (χ2v) is 3.47. The van der Waals surface area contributed by atoms with Crippen LogP contribution in [0.15, 0.2) is 0 Å². The molecule has 0 aromatic heterocycles. The van der Waals surface area contributed by atoms with Gasteiger partial charge in [0, 0.05) is 6.54 Å². The molecule has 0 heterocycles. The summed E-state index contributed by atoms with van der Waals surface area (Å²) in [6.07, 6.45) is 0.481. The zero-order chi connectivity index (χ0) is 9.61. The summed E-state index contributed by atoms with van der Waals surface area (Å²) in [6, 6.07) is 0. The van der Waals surface area contributed by atoms with Gasteiger partial charge >= 0.3 is 0 Å². The minimum Gasteiger partial charge on any atom is -0.369 e. The Morgan fingerprint density at radius 3 is 2.58 bits per heavy atom. The molecule has 3 N–H and O–H groups in total. The summed E-state index contributed by atoms with van der Waals surface area (Å²) in [5.74, 6) is -0.338. The summed E-state index contributed by atoms with van der Waals surface area (Å²) >= 11 is 0. The van der Waals surface area contributed by atoms with Crippen molar-refractivity contribution in [1.29, 1.82) is 0 Å². The van der Waals surface area contributed by atoms with Crippen molar-refractivity contribution in [3.05, 3.63) is 0 Å². The Labute approximate surface area is 72.5 Å². The molecular formula is C8H17FN2O. The lowest BCUT2D eigenvalue weighted by molar-refractivity contribution is -0.125. The number of hydrogen-bond acceptors (Lipinski definition) is 2. The average Bonchev–Trinajstić information content (AvgIpc) is 1.98. The number of rotatable bonds is 6. The first-order valence-electron chi connectivity index (χ1n) is 4.07. The first kappa shape index (κ1) is 11.4. The van der Waals surface area contributed by atoms with E-state index < -0.39 is 5.41 Å². The molecule has 0 radical (unpaired) electrons. The molecule has 0 aliphatic carbocycles. The van der Waals surface area contributed by atoms with Crippen LogP contribution in [0, 0.1) is 5.41 Å². The van der Waals surface area contributed by atoms with Crippen molar-refractivity contribution >= 4 is 5.91 Å². The highest BCUT2D eigenvalue weighted by Gasteiger charge is 2.23. The molecule has 0 rings (SSSR count). The molecule has 0 saturated heterocycles. The van der Waals surface area contributed by atoms with Crippen LogP contribution in [0.25, 0.3) is 0 Å². The summed E-state index contributed by atoms with van der Waals surface area (Å²) in [4.78, 5) is 10.8. The van der Waals surface area contributed by atoms with Gasteiger partial charge < -0.3 is 11.1 Å². The molecule has 0 atom stereocenters. The van der Waals surface area contributed by atoms with Crippen molar-refractivity contribution in [2.24, 2.45) is 11.1 Å². The summed E-state index contributed by atoms with van der Waals surface area (Å²) < 4.78 is 11.6. The van der Waals surface area contributed by atoms with Crippen LogP contribution in [0.3, 0.4) is 0 Å². The van der Waals surface area contributed by atoms with Gasteiger partial charge in [0.15, 0.2) is 0 Å². The third-order valence-corrected chi connectivity index (χ3v) is 1.72. The normalized spacial score (nSPS) is 11.6. The molecule has 0 aromatic carbocycles. The SMILES string of the molecule is CC(C)(CNCCCF)C(N)=O. The molecule has 0 saturated carbocycles. The molecule has 0 bridgehead atoms. The molecule has 0 fully saturated rings. The number of carbonyl (C=O) groups excluding carboxylic acids is 1. The second-order valence-electron chi connectivity index (χ2n) is 3.47. The molecule has 1 amide bonds. The molecule has 72 valence electrons. The second kappa shape index (κ2) is 5.09. The van der Waals surface area contributed by atoms with Gasteiger partial charge in [0.25, 0.3) is 0 Å². The standard InChI is InChI=1S/C8H17FN2O/c1-8(2,7(10)12)6-11-5-3-4-9/h11H,3-6H2,1-2H3,(H2,10,12). The summed E-state index contributed by atoms with van der Waals surface area (Å²) in [5.41, 5.74) is 4.59. The van der Waals surface area contributed by atoms with E-state index in [0.717, 1.165) is 0 Å². The van der Waals surface area contributed by atoms with Crippen LogP contribution in [0.4, 0.5) is 4.39 Å². The molecule has 4 heteroatoms. The van der Waals surface area contributed by atoms with Crippen LogP contribution in [0.1, 0.15) is 20.3 Å². The van der Waals surface area contributed by atoms with Gasteiger partial charge in [-0.2, -0.15) is 0 Å². The van der Waals surface area contributed by atoms with Crippen molar-refractivity contribution < 1.29 is 9.18 Å². The number of halogens is 1. The van der Waals surface area contributed by atoms with E-state index in [-0.39, 0.29) is 12.6 Å². The fourth-order valence-corrected chi connectivity index (χ4v) is 0.680. The molecule has 0 aromatic rings. The Morgan fingerprint density at radius 1 is 1.58 bits per heavy atom. The minimum absolute atomic E-state index is 0.329. The fraction of sp³-hybridized carbons (Fsp3) is 0.875. The van der Waals surface area contributed by atoms with E-state index in [4.69, 9.17) is 5.73 Å². The number of amides is 1. The molecule has 0 aliphatic heterocycles. The Bertz CT molecular complexity index is 148. The summed E-state index contributed by atoms with van der Waals surface area (Å²) in [5, 5.41) is 2.97. The molecule has 0 unspecified atom stereocenters. The molecular weight excluding hydrogens is 159 g/mol. The fourth-order valence-electron chi connectivity index (χ4n) is 0.680. The monoisotopic (exact) mass is 176 g/mol. The van der Waals surface area contributed by atoms with Crippen LogP contribution < -0.4 is 11.1 Å². The summed E-state index contributed by atoms with van der Waals surface area (Å²) in [6.45, 7) is 4.29. The Balaban J connectivity index is 3.54. The number of carbonyl (C=O) groups is 1. The van der Waals surface area contributed by atoms with Gasteiger partial charge in [-0.05, 0) is 26.8 Å². The highest BCUT2D eigenvalue weighted by molar-refractivity contribution is 5.80. The van der Waals surface area contributed by atoms with E-state index in [1.165, 1.54) is 0 Å². The van der Waals surface area contributed by atoms with Gasteiger partial charge in [0.2, 0.25) is 5.91 Å². The van der Waals surface area contributed by atoms with Crippen molar-refractivity contribution in [3.8, 4) is 0 Å².